The molecule has 0 aromatic heterocycles. The number of piperidine rings is 1. The van der Waals surface area contributed by atoms with E-state index in [1.165, 1.54) is 12.7 Å². The molecule has 5 nitrogen and oxygen atoms in total. The predicted molar refractivity (Wildman–Crippen MR) is 124 cm³/mol. The molecule has 2 atom stereocenters. The van der Waals surface area contributed by atoms with Crippen molar-refractivity contribution in [2.45, 2.75) is 38.4 Å². The molecule has 8 heteroatoms. The molecular formula is C21H28Cl3N3O2. The molecule has 0 bridgehead atoms. The van der Waals surface area contributed by atoms with E-state index >= 15 is 0 Å². The number of amides is 1. The van der Waals surface area contributed by atoms with E-state index in [2.05, 4.69) is 41.4 Å². The van der Waals surface area contributed by atoms with Crippen molar-refractivity contribution in [2.75, 3.05) is 19.4 Å². The number of nitrogens with zero attached hydrogens (tertiary/aromatic N) is 1. The number of nitrogens with one attached hydrogen (secondary N) is 1. The Kier molecular flexibility index (Phi) is 10.1. The van der Waals surface area contributed by atoms with Crippen molar-refractivity contribution in [3.05, 3.63) is 58.6 Å². The van der Waals surface area contributed by atoms with Crippen molar-refractivity contribution >= 4 is 48.0 Å². The van der Waals surface area contributed by atoms with Crippen LogP contribution in [0.2, 0.25) is 5.02 Å². The minimum Gasteiger partial charge on any atom is -0.496 e. The minimum atomic E-state index is -0.178. The second-order valence-electron chi connectivity index (χ2n) is 7.07. The fourth-order valence-electron chi connectivity index (χ4n) is 3.58. The summed E-state index contributed by atoms with van der Waals surface area (Å²) in [5.41, 5.74) is 7.92. The van der Waals surface area contributed by atoms with E-state index in [-0.39, 0.29) is 36.8 Å². The summed E-state index contributed by atoms with van der Waals surface area (Å²) in [5.74, 6) is 0.256. The van der Waals surface area contributed by atoms with Gasteiger partial charge in [-0.1, -0.05) is 41.9 Å². The summed E-state index contributed by atoms with van der Waals surface area (Å²) in [5, 5.41) is 3.48. The van der Waals surface area contributed by atoms with E-state index in [4.69, 9.17) is 22.1 Å². The van der Waals surface area contributed by atoms with Gasteiger partial charge in [0.2, 0.25) is 0 Å². The SMILES string of the molecule is COc1cc(N)c(Cl)cc1C(=O)NC1CCN(Cc2ccccc2)C(C)C1.Cl.Cl. The smallest absolute Gasteiger partial charge is 0.255 e. The summed E-state index contributed by atoms with van der Waals surface area (Å²) in [6.45, 7) is 4.09. The van der Waals surface area contributed by atoms with Gasteiger partial charge in [-0.25, -0.2) is 0 Å². The molecule has 0 aliphatic carbocycles. The van der Waals surface area contributed by atoms with Gasteiger partial charge in [-0.2, -0.15) is 0 Å². The fraction of sp³-hybridized carbons (Fsp3) is 0.381. The molecule has 3 N–H and O–H groups in total. The van der Waals surface area contributed by atoms with Crippen LogP contribution < -0.4 is 15.8 Å². The zero-order chi connectivity index (χ0) is 19.4. The van der Waals surface area contributed by atoms with Gasteiger partial charge in [0.15, 0.2) is 0 Å². The lowest BCUT2D eigenvalue weighted by Gasteiger charge is -2.38. The number of benzene rings is 2. The maximum absolute atomic E-state index is 12.7. The Morgan fingerprint density at radius 1 is 1.28 bits per heavy atom. The van der Waals surface area contributed by atoms with Gasteiger partial charge in [0.1, 0.15) is 5.75 Å². The third-order valence-corrected chi connectivity index (χ3v) is 5.47. The van der Waals surface area contributed by atoms with E-state index in [1.54, 1.807) is 12.1 Å². The Morgan fingerprint density at radius 3 is 2.59 bits per heavy atom. The van der Waals surface area contributed by atoms with Gasteiger partial charge in [0, 0.05) is 31.2 Å². The predicted octanol–water partition coefficient (Wildman–Crippen LogP) is 4.56. The van der Waals surface area contributed by atoms with Crippen LogP contribution in [0.15, 0.2) is 42.5 Å². The van der Waals surface area contributed by atoms with Crippen molar-refractivity contribution < 1.29 is 9.53 Å². The lowest BCUT2D eigenvalue weighted by molar-refractivity contribution is 0.0864. The number of carbonyl (C=O) groups is 1. The second kappa shape index (κ2) is 11.5. The van der Waals surface area contributed by atoms with Gasteiger partial charge in [0.05, 0.1) is 23.4 Å². The Bertz CT molecular complexity index is 805. The normalized spacial score (nSPS) is 18.9. The van der Waals surface area contributed by atoms with Crippen LogP contribution in [0.25, 0.3) is 0 Å². The number of likely N-dealkylation sites (tertiary alicyclic amines) is 1. The molecule has 2 unspecified atom stereocenters. The number of ether oxygens (including phenoxy) is 1. The first-order valence-electron chi connectivity index (χ1n) is 9.19. The Balaban J connectivity index is 0.00000210. The van der Waals surface area contributed by atoms with E-state index in [1.807, 2.05) is 6.07 Å². The lowest BCUT2D eigenvalue weighted by atomic mass is 9.97. The first-order valence-corrected chi connectivity index (χ1v) is 9.57. The van der Waals surface area contributed by atoms with E-state index in [0.717, 1.165) is 25.9 Å². The summed E-state index contributed by atoms with van der Waals surface area (Å²) in [6.07, 6.45) is 1.82. The number of hydrogen-bond donors (Lipinski definition) is 2. The molecule has 1 aliphatic heterocycles. The van der Waals surface area contributed by atoms with Crippen LogP contribution in [0, 0.1) is 0 Å². The summed E-state index contributed by atoms with van der Waals surface area (Å²) in [6, 6.07) is 14.1. The molecule has 1 fully saturated rings. The minimum absolute atomic E-state index is 0. The third kappa shape index (κ3) is 6.41. The average Bonchev–Trinajstić information content (AvgIpc) is 2.66. The molecule has 2 aromatic rings. The van der Waals surface area contributed by atoms with Gasteiger partial charge in [-0.3, -0.25) is 9.69 Å². The van der Waals surface area contributed by atoms with Crippen LogP contribution in [0.1, 0.15) is 35.7 Å². The lowest BCUT2D eigenvalue weighted by Crippen LogP contribution is -2.48. The molecule has 1 amide bonds. The molecule has 0 spiro atoms. The van der Waals surface area contributed by atoms with E-state index in [0.29, 0.717) is 28.1 Å². The van der Waals surface area contributed by atoms with Crippen LogP contribution >= 0.6 is 36.4 Å². The van der Waals surface area contributed by atoms with E-state index < -0.39 is 0 Å². The highest BCUT2D eigenvalue weighted by Gasteiger charge is 2.27. The maximum atomic E-state index is 12.7. The third-order valence-electron chi connectivity index (χ3n) is 5.14. The highest BCUT2D eigenvalue weighted by atomic mass is 35.5. The molecule has 0 saturated carbocycles. The van der Waals surface area contributed by atoms with Crippen molar-refractivity contribution in [2.24, 2.45) is 0 Å². The van der Waals surface area contributed by atoms with Crippen LogP contribution in [0.5, 0.6) is 5.75 Å². The van der Waals surface area contributed by atoms with Crippen molar-refractivity contribution in [1.82, 2.24) is 10.2 Å². The second-order valence-corrected chi connectivity index (χ2v) is 7.48. The van der Waals surface area contributed by atoms with Crippen molar-refractivity contribution in [1.29, 1.82) is 0 Å². The Hall–Kier alpha value is -1.66. The maximum Gasteiger partial charge on any atom is 0.255 e. The first-order chi connectivity index (χ1) is 13.0. The molecule has 160 valence electrons. The number of nitrogens with two attached hydrogens (primary N) is 1. The summed E-state index contributed by atoms with van der Waals surface area (Å²) in [4.78, 5) is 15.2. The zero-order valence-corrected chi connectivity index (χ0v) is 18.9. The molecule has 1 aliphatic rings. The topological polar surface area (TPSA) is 67.6 Å². The molecule has 1 heterocycles. The van der Waals surface area contributed by atoms with Crippen LogP contribution in [0.4, 0.5) is 5.69 Å². The molecule has 0 radical (unpaired) electrons. The van der Waals surface area contributed by atoms with Crippen LogP contribution in [-0.2, 0) is 6.54 Å². The molecule has 3 rings (SSSR count). The number of carbonyl (C=O) groups excluding carboxylic acids is 1. The van der Waals surface area contributed by atoms with Gasteiger partial charge in [0.25, 0.3) is 5.91 Å². The van der Waals surface area contributed by atoms with Gasteiger partial charge in [-0.05, 0) is 31.4 Å². The monoisotopic (exact) mass is 459 g/mol. The Labute approximate surface area is 189 Å². The van der Waals surface area contributed by atoms with Crippen LogP contribution in [-0.4, -0.2) is 36.5 Å². The zero-order valence-electron chi connectivity index (χ0n) is 16.6. The summed E-state index contributed by atoms with van der Waals surface area (Å²) in [7, 11) is 1.52. The first kappa shape index (κ1) is 25.4. The number of rotatable bonds is 5. The number of nitrogen functional groups attached to an aromatic ring is 1. The number of hydrogen-bond acceptors (Lipinski definition) is 4. The van der Waals surface area contributed by atoms with Gasteiger partial charge in [-0.15, -0.1) is 24.8 Å². The van der Waals surface area contributed by atoms with Gasteiger partial charge >= 0.3 is 0 Å². The largest absolute Gasteiger partial charge is 0.496 e. The summed E-state index contributed by atoms with van der Waals surface area (Å²) < 4.78 is 5.29. The fourth-order valence-corrected chi connectivity index (χ4v) is 3.75. The highest BCUT2D eigenvalue weighted by Crippen LogP contribution is 2.29. The molecule has 1 saturated heterocycles. The van der Waals surface area contributed by atoms with Crippen LogP contribution in [0.3, 0.4) is 0 Å². The molecular weight excluding hydrogens is 433 g/mol. The van der Waals surface area contributed by atoms with Crippen molar-refractivity contribution in [3.8, 4) is 5.75 Å². The summed E-state index contributed by atoms with van der Waals surface area (Å²) >= 11 is 6.08. The molecule has 2 aromatic carbocycles. The standard InChI is InChI=1S/C21H26ClN3O2.2ClH/c1-14-10-16(8-9-25(14)13-15-6-4-3-5-7-15)24-21(26)17-11-18(22)19(23)12-20(17)27-2;;/h3-7,11-12,14,16H,8-10,13,23H2,1-2H3,(H,24,26);2*1H. The van der Waals surface area contributed by atoms with Crippen molar-refractivity contribution in [3.63, 3.8) is 0 Å². The highest BCUT2D eigenvalue weighted by molar-refractivity contribution is 6.33. The van der Waals surface area contributed by atoms with Gasteiger partial charge < -0.3 is 15.8 Å². The molecule has 29 heavy (non-hydrogen) atoms. The Morgan fingerprint density at radius 2 is 1.97 bits per heavy atom. The number of halogens is 3. The average molecular weight is 461 g/mol. The van der Waals surface area contributed by atoms with E-state index in [9.17, 15) is 4.79 Å². The number of anilines is 1. The quantitative estimate of drug-likeness (QED) is 0.642. The number of methoxy groups -OCH3 is 1.